The summed E-state index contributed by atoms with van der Waals surface area (Å²) in [5, 5.41) is 4.37. The van der Waals surface area contributed by atoms with Crippen molar-refractivity contribution in [3.8, 4) is 0 Å². The van der Waals surface area contributed by atoms with Gasteiger partial charge in [0, 0.05) is 0 Å². The van der Waals surface area contributed by atoms with Crippen LogP contribution in [0.5, 0.6) is 0 Å². The second-order valence-electron chi connectivity index (χ2n) is 6.74. The molecule has 1 aromatic carbocycles. The standard InChI is InChI=1S/C18H24N2O3/c1-11(2)9-14(13-7-5-4-6-8-13)10-12(3)15-16(21)19-18(23)20-17(15)22/h4-8,11-12,14-15H,9-10H2,1-3H3,(H2,19,20,21,22,23). The Morgan fingerprint density at radius 1 is 0.913 bits per heavy atom. The molecule has 0 saturated carbocycles. The van der Waals surface area contributed by atoms with E-state index in [1.165, 1.54) is 5.56 Å². The first-order chi connectivity index (χ1) is 10.9. The van der Waals surface area contributed by atoms with E-state index in [2.05, 4.69) is 36.6 Å². The number of nitrogens with one attached hydrogen (secondary N) is 2. The normalized spacial score (nSPS) is 18.5. The van der Waals surface area contributed by atoms with Crippen LogP contribution in [0.1, 0.15) is 45.1 Å². The lowest BCUT2D eigenvalue weighted by molar-refractivity contribution is -0.138. The van der Waals surface area contributed by atoms with Gasteiger partial charge in [-0.3, -0.25) is 20.2 Å². The van der Waals surface area contributed by atoms with Gasteiger partial charge in [0.1, 0.15) is 5.92 Å². The van der Waals surface area contributed by atoms with Crippen LogP contribution in [0.4, 0.5) is 4.79 Å². The number of hydrogen-bond acceptors (Lipinski definition) is 3. The molecule has 1 fully saturated rings. The summed E-state index contributed by atoms with van der Waals surface area (Å²) >= 11 is 0. The van der Waals surface area contributed by atoms with E-state index in [1.807, 2.05) is 25.1 Å². The van der Waals surface area contributed by atoms with Crippen LogP contribution in [0.25, 0.3) is 0 Å². The maximum Gasteiger partial charge on any atom is 0.328 e. The Hall–Kier alpha value is -2.17. The van der Waals surface area contributed by atoms with Crippen LogP contribution >= 0.6 is 0 Å². The monoisotopic (exact) mass is 316 g/mol. The number of hydrogen-bond donors (Lipinski definition) is 2. The largest absolute Gasteiger partial charge is 0.328 e. The molecule has 1 aliphatic rings. The van der Waals surface area contributed by atoms with Crippen LogP contribution in [-0.4, -0.2) is 17.8 Å². The highest BCUT2D eigenvalue weighted by molar-refractivity contribution is 6.16. The highest BCUT2D eigenvalue weighted by Crippen LogP contribution is 2.33. The van der Waals surface area contributed by atoms with Gasteiger partial charge in [-0.2, -0.15) is 0 Å². The molecule has 0 bridgehead atoms. The Balaban J connectivity index is 2.14. The fraction of sp³-hybridized carbons (Fsp3) is 0.500. The molecule has 1 aliphatic heterocycles. The molecule has 0 aromatic heterocycles. The van der Waals surface area contributed by atoms with Crippen LogP contribution in [0.2, 0.25) is 0 Å². The summed E-state index contributed by atoms with van der Waals surface area (Å²) in [6.07, 6.45) is 1.71. The van der Waals surface area contributed by atoms with Gasteiger partial charge in [-0.15, -0.1) is 0 Å². The van der Waals surface area contributed by atoms with Crippen LogP contribution < -0.4 is 10.6 Å². The van der Waals surface area contributed by atoms with E-state index >= 15 is 0 Å². The Morgan fingerprint density at radius 3 is 2.00 bits per heavy atom. The second-order valence-corrected chi connectivity index (χ2v) is 6.74. The maximum absolute atomic E-state index is 12.0. The number of imide groups is 2. The van der Waals surface area contributed by atoms with E-state index in [0.29, 0.717) is 5.92 Å². The molecule has 2 N–H and O–H groups in total. The maximum atomic E-state index is 12.0. The van der Waals surface area contributed by atoms with Gasteiger partial charge in [-0.25, -0.2) is 4.79 Å². The van der Waals surface area contributed by atoms with Crippen LogP contribution in [-0.2, 0) is 9.59 Å². The molecule has 2 atom stereocenters. The Labute approximate surface area is 136 Å². The summed E-state index contributed by atoms with van der Waals surface area (Å²) in [4.78, 5) is 35.2. The van der Waals surface area contributed by atoms with Crippen molar-refractivity contribution in [3.63, 3.8) is 0 Å². The fourth-order valence-electron chi connectivity index (χ4n) is 3.29. The minimum atomic E-state index is -0.814. The molecule has 5 nitrogen and oxygen atoms in total. The Bertz CT molecular complexity index is 563. The first-order valence-corrected chi connectivity index (χ1v) is 8.09. The van der Waals surface area contributed by atoms with E-state index < -0.39 is 23.8 Å². The van der Waals surface area contributed by atoms with Crippen molar-refractivity contribution in [1.82, 2.24) is 10.6 Å². The van der Waals surface area contributed by atoms with Gasteiger partial charge in [0.25, 0.3) is 0 Å². The third-order valence-corrected chi connectivity index (χ3v) is 4.29. The molecular formula is C18H24N2O3. The predicted octanol–water partition coefficient (Wildman–Crippen LogP) is 2.82. The highest BCUT2D eigenvalue weighted by atomic mass is 16.2. The Morgan fingerprint density at radius 2 is 1.48 bits per heavy atom. The summed E-state index contributed by atoms with van der Waals surface area (Å²) < 4.78 is 0. The molecule has 23 heavy (non-hydrogen) atoms. The SMILES string of the molecule is CC(C)CC(CC(C)C1C(=O)NC(=O)NC1=O)c1ccccc1. The fourth-order valence-corrected chi connectivity index (χ4v) is 3.29. The van der Waals surface area contributed by atoms with Gasteiger partial charge >= 0.3 is 6.03 Å². The van der Waals surface area contributed by atoms with Crippen molar-refractivity contribution in [2.45, 2.75) is 39.5 Å². The molecule has 0 radical (unpaired) electrons. The molecule has 2 rings (SSSR count). The minimum Gasteiger partial charge on any atom is -0.277 e. The number of amides is 4. The van der Waals surface area contributed by atoms with Crippen molar-refractivity contribution >= 4 is 17.8 Å². The van der Waals surface area contributed by atoms with E-state index in [1.54, 1.807) is 0 Å². The van der Waals surface area contributed by atoms with E-state index in [0.717, 1.165) is 12.8 Å². The Kier molecular flexibility index (Phi) is 5.53. The summed E-state index contributed by atoms with van der Waals surface area (Å²) in [5.74, 6) is -1.16. The van der Waals surface area contributed by atoms with Gasteiger partial charge in [0.2, 0.25) is 11.8 Å². The third-order valence-electron chi connectivity index (χ3n) is 4.29. The first kappa shape index (κ1) is 17.2. The van der Waals surface area contributed by atoms with Crippen molar-refractivity contribution in [2.75, 3.05) is 0 Å². The number of rotatable bonds is 6. The zero-order valence-electron chi connectivity index (χ0n) is 13.8. The molecule has 5 heteroatoms. The van der Waals surface area contributed by atoms with E-state index in [4.69, 9.17) is 0 Å². The van der Waals surface area contributed by atoms with Crippen molar-refractivity contribution in [2.24, 2.45) is 17.8 Å². The van der Waals surface area contributed by atoms with Crippen molar-refractivity contribution in [3.05, 3.63) is 35.9 Å². The van der Waals surface area contributed by atoms with Crippen LogP contribution in [0, 0.1) is 17.8 Å². The molecule has 1 aromatic rings. The third kappa shape index (κ3) is 4.41. The van der Waals surface area contributed by atoms with Gasteiger partial charge < -0.3 is 0 Å². The molecule has 124 valence electrons. The van der Waals surface area contributed by atoms with E-state index in [9.17, 15) is 14.4 Å². The highest BCUT2D eigenvalue weighted by Gasteiger charge is 2.38. The second kappa shape index (κ2) is 7.40. The van der Waals surface area contributed by atoms with Crippen LogP contribution in [0.3, 0.4) is 0 Å². The number of carbonyl (C=O) groups excluding carboxylic acids is 3. The lowest BCUT2D eigenvalue weighted by Crippen LogP contribution is -2.57. The molecular weight excluding hydrogens is 292 g/mol. The quantitative estimate of drug-likeness (QED) is 0.792. The molecule has 1 heterocycles. The van der Waals surface area contributed by atoms with Crippen molar-refractivity contribution in [1.29, 1.82) is 0 Å². The molecule has 4 amide bonds. The minimum absolute atomic E-state index is 0.146. The number of barbiturate groups is 1. The van der Waals surface area contributed by atoms with Gasteiger partial charge in [-0.05, 0) is 36.2 Å². The van der Waals surface area contributed by atoms with Crippen molar-refractivity contribution < 1.29 is 14.4 Å². The number of carbonyl (C=O) groups is 3. The first-order valence-electron chi connectivity index (χ1n) is 8.09. The zero-order valence-corrected chi connectivity index (χ0v) is 13.8. The van der Waals surface area contributed by atoms with Gasteiger partial charge in [-0.1, -0.05) is 51.1 Å². The van der Waals surface area contributed by atoms with Crippen LogP contribution in [0.15, 0.2) is 30.3 Å². The summed E-state index contributed by atoms with van der Waals surface area (Å²) in [6.45, 7) is 6.23. The molecule has 0 spiro atoms. The smallest absolute Gasteiger partial charge is 0.277 e. The van der Waals surface area contributed by atoms with E-state index in [-0.39, 0.29) is 11.8 Å². The average Bonchev–Trinajstić information content (AvgIpc) is 2.46. The number of urea groups is 1. The summed E-state index contributed by atoms with van der Waals surface area (Å²) in [7, 11) is 0. The summed E-state index contributed by atoms with van der Waals surface area (Å²) in [6, 6.07) is 9.44. The molecule has 1 saturated heterocycles. The lowest BCUT2D eigenvalue weighted by Gasteiger charge is -2.29. The van der Waals surface area contributed by atoms with Gasteiger partial charge in [0.05, 0.1) is 0 Å². The number of benzene rings is 1. The topological polar surface area (TPSA) is 75.3 Å². The zero-order chi connectivity index (χ0) is 17.0. The average molecular weight is 316 g/mol. The lowest BCUT2D eigenvalue weighted by atomic mass is 9.78. The summed E-state index contributed by atoms with van der Waals surface area (Å²) in [5.41, 5.74) is 1.22. The van der Waals surface area contributed by atoms with Gasteiger partial charge in [0.15, 0.2) is 0 Å². The molecule has 2 unspecified atom stereocenters. The predicted molar refractivity (Wildman–Crippen MR) is 87.6 cm³/mol. The molecule has 0 aliphatic carbocycles.